The van der Waals surface area contributed by atoms with E-state index in [1.807, 2.05) is 13.0 Å². The van der Waals surface area contributed by atoms with Crippen molar-refractivity contribution in [1.29, 1.82) is 0 Å². The summed E-state index contributed by atoms with van der Waals surface area (Å²) in [4.78, 5) is 6.42. The number of hydrogen-bond donors (Lipinski definition) is 0. The predicted molar refractivity (Wildman–Crippen MR) is 88.0 cm³/mol. The van der Waals surface area contributed by atoms with Gasteiger partial charge in [0, 0.05) is 19.7 Å². The van der Waals surface area contributed by atoms with Gasteiger partial charge in [-0.05, 0) is 52.7 Å². The van der Waals surface area contributed by atoms with Crippen molar-refractivity contribution in [3.8, 4) is 0 Å². The lowest BCUT2D eigenvalue weighted by atomic mass is 10.1. The summed E-state index contributed by atoms with van der Waals surface area (Å²) in [6.07, 6.45) is 4.00. The van der Waals surface area contributed by atoms with Crippen LogP contribution in [0.5, 0.6) is 0 Å². The molecule has 2 rings (SSSR count). The summed E-state index contributed by atoms with van der Waals surface area (Å²) in [7, 11) is -3.39. The van der Waals surface area contributed by atoms with Crippen LogP contribution >= 0.6 is 0 Å². The van der Waals surface area contributed by atoms with Crippen LogP contribution in [0.1, 0.15) is 40.5 Å². The highest BCUT2D eigenvalue weighted by Gasteiger charge is 2.32. The number of ether oxygens (including phenoxy) is 1. The molecule has 0 radical (unpaired) electrons. The molecule has 1 aromatic heterocycles. The van der Waals surface area contributed by atoms with Gasteiger partial charge in [-0.15, -0.1) is 0 Å². The Balaban J connectivity index is 2.08. The number of sulfone groups is 1. The lowest BCUT2D eigenvalue weighted by molar-refractivity contribution is 0.0459. The summed E-state index contributed by atoms with van der Waals surface area (Å²) < 4.78 is 29.5. The Bertz CT molecular complexity index is 583. The van der Waals surface area contributed by atoms with Crippen molar-refractivity contribution in [1.82, 2.24) is 4.98 Å². The summed E-state index contributed by atoms with van der Waals surface area (Å²) in [5.41, 5.74) is 0.975. The lowest BCUT2D eigenvalue weighted by Gasteiger charge is -2.33. The van der Waals surface area contributed by atoms with Crippen molar-refractivity contribution in [2.24, 2.45) is 0 Å². The SMILES string of the molecule is CCOC1CCN(c2ccc(S(=O)(=O)C(C)(C)C)nc2)CC1. The number of piperidine rings is 1. The van der Waals surface area contributed by atoms with E-state index >= 15 is 0 Å². The van der Waals surface area contributed by atoms with E-state index in [0.29, 0.717) is 6.10 Å². The molecule has 0 amide bonds. The second-order valence-electron chi connectivity index (χ2n) is 6.61. The molecule has 1 aliphatic heterocycles. The van der Waals surface area contributed by atoms with Crippen LogP contribution in [0, 0.1) is 0 Å². The van der Waals surface area contributed by atoms with Crippen molar-refractivity contribution in [3.63, 3.8) is 0 Å². The first kappa shape index (κ1) is 17.2. The largest absolute Gasteiger partial charge is 0.378 e. The quantitative estimate of drug-likeness (QED) is 0.851. The van der Waals surface area contributed by atoms with Crippen LogP contribution in [0.25, 0.3) is 0 Å². The molecule has 0 saturated carbocycles. The predicted octanol–water partition coefficient (Wildman–Crippen LogP) is 2.66. The highest BCUT2D eigenvalue weighted by atomic mass is 32.2. The smallest absolute Gasteiger partial charge is 0.200 e. The molecule has 124 valence electrons. The second kappa shape index (κ2) is 6.54. The zero-order valence-electron chi connectivity index (χ0n) is 13.9. The topological polar surface area (TPSA) is 59.5 Å². The third-order valence-electron chi connectivity index (χ3n) is 4.01. The van der Waals surface area contributed by atoms with Crippen molar-refractivity contribution in [3.05, 3.63) is 18.3 Å². The Labute approximate surface area is 133 Å². The third-order valence-corrected chi connectivity index (χ3v) is 6.42. The number of hydrogen-bond acceptors (Lipinski definition) is 5. The fourth-order valence-electron chi connectivity index (χ4n) is 2.55. The Morgan fingerprint density at radius 1 is 1.27 bits per heavy atom. The Morgan fingerprint density at radius 2 is 1.91 bits per heavy atom. The summed E-state index contributed by atoms with van der Waals surface area (Å²) in [5, 5.41) is 0.146. The standard InChI is InChI=1S/C16H26N2O3S/c1-5-21-14-8-10-18(11-9-14)13-6-7-15(17-12-13)22(19,20)16(2,3)4/h6-7,12,14H,5,8-11H2,1-4H3. The molecule has 5 nitrogen and oxygen atoms in total. The van der Waals surface area contributed by atoms with Crippen molar-refractivity contribution in [2.75, 3.05) is 24.6 Å². The average molecular weight is 326 g/mol. The minimum atomic E-state index is -3.39. The molecule has 0 unspecified atom stereocenters. The summed E-state index contributed by atoms with van der Waals surface area (Å²) in [5.74, 6) is 0. The first-order valence-electron chi connectivity index (χ1n) is 7.83. The summed E-state index contributed by atoms with van der Waals surface area (Å²) in [6.45, 7) is 9.68. The van der Waals surface area contributed by atoms with Gasteiger partial charge in [0.15, 0.2) is 14.9 Å². The lowest BCUT2D eigenvalue weighted by Crippen LogP contribution is -2.37. The first-order chi connectivity index (χ1) is 10.3. The Morgan fingerprint density at radius 3 is 2.36 bits per heavy atom. The maximum Gasteiger partial charge on any atom is 0.200 e. The molecule has 1 fully saturated rings. The molecule has 0 aliphatic carbocycles. The molecular weight excluding hydrogens is 300 g/mol. The number of aromatic nitrogens is 1. The van der Waals surface area contributed by atoms with E-state index < -0.39 is 14.6 Å². The molecule has 1 aliphatic rings. The highest BCUT2D eigenvalue weighted by Crippen LogP contribution is 2.26. The van der Waals surface area contributed by atoms with E-state index in [-0.39, 0.29) is 5.03 Å². The minimum absolute atomic E-state index is 0.146. The van der Waals surface area contributed by atoms with Crippen LogP contribution in [0.2, 0.25) is 0 Å². The second-order valence-corrected chi connectivity index (χ2v) is 9.26. The Kier molecular flexibility index (Phi) is 5.12. The van der Waals surface area contributed by atoms with Crippen LogP contribution in [0.3, 0.4) is 0 Å². The van der Waals surface area contributed by atoms with Crippen LogP contribution in [-0.4, -0.2) is 43.9 Å². The monoisotopic (exact) mass is 326 g/mol. The first-order valence-corrected chi connectivity index (χ1v) is 9.31. The van der Waals surface area contributed by atoms with Crippen molar-refractivity contribution in [2.45, 2.75) is 56.4 Å². The number of anilines is 1. The molecule has 1 aromatic rings. The fraction of sp³-hybridized carbons (Fsp3) is 0.688. The number of rotatable bonds is 4. The third kappa shape index (κ3) is 3.60. The molecule has 22 heavy (non-hydrogen) atoms. The van der Waals surface area contributed by atoms with E-state index in [4.69, 9.17) is 4.74 Å². The number of pyridine rings is 1. The maximum atomic E-state index is 12.4. The maximum absolute atomic E-state index is 12.4. The van der Waals surface area contributed by atoms with Crippen LogP contribution in [0.15, 0.2) is 23.4 Å². The van der Waals surface area contributed by atoms with Gasteiger partial charge in [-0.3, -0.25) is 0 Å². The van der Waals surface area contributed by atoms with Crippen molar-refractivity contribution >= 4 is 15.5 Å². The van der Waals surface area contributed by atoms with Gasteiger partial charge in [0.25, 0.3) is 0 Å². The van der Waals surface area contributed by atoms with Gasteiger partial charge in [0.2, 0.25) is 0 Å². The normalized spacial score (nSPS) is 17.7. The van der Waals surface area contributed by atoms with Gasteiger partial charge in [-0.2, -0.15) is 0 Å². The van der Waals surface area contributed by atoms with Gasteiger partial charge < -0.3 is 9.64 Å². The summed E-state index contributed by atoms with van der Waals surface area (Å²) >= 11 is 0. The highest BCUT2D eigenvalue weighted by molar-refractivity contribution is 7.92. The molecule has 2 heterocycles. The molecule has 1 saturated heterocycles. The molecule has 0 atom stereocenters. The molecule has 0 bridgehead atoms. The Hall–Kier alpha value is -1.14. The zero-order chi connectivity index (χ0) is 16.4. The summed E-state index contributed by atoms with van der Waals surface area (Å²) in [6, 6.07) is 3.47. The average Bonchev–Trinajstić information content (AvgIpc) is 2.47. The van der Waals surface area contributed by atoms with E-state index in [1.165, 1.54) is 0 Å². The van der Waals surface area contributed by atoms with Crippen molar-refractivity contribution < 1.29 is 13.2 Å². The molecule has 0 aromatic carbocycles. The van der Waals surface area contributed by atoms with Gasteiger partial charge in [0.05, 0.1) is 22.7 Å². The minimum Gasteiger partial charge on any atom is -0.378 e. The van der Waals surface area contributed by atoms with E-state index in [0.717, 1.165) is 38.2 Å². The number of nitrogens with zero attached hydrogens (tertiary/aromatic N) is 2. The molecule has 0 N–H and O–H groups in total. The molecular formula is C16H26N2O3S. The van der Waals surface area contributed by atoms with Gasteiger partial charge in [-0.1, -0.05) is 0 Å². The van der Waals surface area contributed by atoms with E-state index in [1.54, 1.807) is 33.0 Å². The van der Waals surface area contributed by atoms with E-state index in [2.05, 4.69) is 9.88 Å². The van der Waals surface area contributed by atoms with Gasteiger partial charge >= 0.3 is 0 Å². The van der Waals surface area contributed by atoms with Crippen LogP contribution in [0.4, 0.5) is 5.69 Å². The van der Waals surface area contributed by atoms with Crippen LogP contribution in [-0.2, 0) is 14.6 Å². The molecule has 6 heteroatoms. The van der Waals surface area contributed by atoms with Gasteiger partial charge in [0.1, 0.15) is 0 Å². The van der Waals surface area contributed by atoms with Gasteiger partial charge in [-0.25, -0.2) is 13.4 Å². The fourth-order valence-corrected chi connectivity index (χ4v) is 3.61. The zero-order valence-corrected chi connectivity index (χ0v) is 14.7. The van der Waals surface area contributed by atoms with Crippen LogP contribution < -0.4 is 4.90 Å². The van der Waals surface area contributed by atoms with E-state index in [9.17, 15) is 8.42 Å². The molecule has 0 spiro atoms.